The van der Waals surface area contributed by atoms with Crippen molar-refractivity contribution >= 4 is 6.29 Å². The van der Waals surface area contributed by atoms with E-state index in [2.05, 4.69) is 48.5 Å². The third kappa shape index (κ3) is 2.69. The molecule has 0 aliphatic heterocycles. The maximum Gasteiger partial charge on any atom is 0.150 e. The lowest BCUT2D eigenvalue weighted by molar-refractivity contribution is 0.112. The molecule has 0 saturated heterocycles. The number of carbonyl (C=O) groups excluding carboxylic acids is 1. The van der Waals surface area contributed by atoms with Gasteiger partial charge in [-0.15, -0.1) is 0 Å². The van der Waals surface area contributed by atoms with E-state index in [1.54, 1.807) is 0 Å². The molecule has 0 radical (unpaired) electrons. The quantitative estimate of drug-likeness (QED) is 0.345. The Balaban J connectivity index is 1.60. The fourth-order valence-corrected chi connectivity index (χ4v) is 4.03. The number of aldehydes is 1. The third-order valence-electron chi connectivity index (χ3n) is 5.39. The van der Waals surface area contributed by atoms with Crippen molar-refractivity contribution < 1.29 is 4.79 Å². The molecule has 1 aliphatic carbocycles. The van der Waals surface area contributed by atoms with Crippen LogP contribution in [-0.2, 0) is 6.42 Å². The normalized spacial score (nSPS) is 11.7. The van der Waals surface area contributed by atoms with Gasteiger partial charge in [-0.05, 0) is 57.0 Å². The lowest BCUT2D eigenvalue weighted by atomic mass is 9.93. The Labute approximate surface area is 158 Å². The van der Waals surface area contributed by atoms with Crippen LogP contribution in [0, 0.1) is 0 Å². The van der Waals surface area contributed by atoms with Crippen molar-refractivity contribution in [2.75, 3.05) is 0 Å². The Kier molecular flexibility index (Phi) is 3.72. The maximum absolute atomic E-state index is 11.5. The van der Waals surface area contributed by atoms with Crippen LogP contribution in [0.3, 0.4) is 0 Å². The van der Waals surface area contributed by atoms with Crippen molar-refractivity contribution in [1.82, 2.24) is 0 Å². The highest BCUT2D eigenvalue weighted by Crippen LogP contribution is 2.39. The highest BCUT2D eigenvalue weighted by molar-refractivity contribution is 5.90. The Morgan fingerprint density at radius 3 is 2.11 bits per heavy atom. The van der Waals surface area contributed by atoms with Crippen LogP contribution >= 0.6 is 0 Å². The van der Waals surface area contributed by atoms with Gasteiger partial charge >= 0.3 is 0 Å². The molecule has 1 nitrogen and oxygen atoms in total. The molecule has 5 rings (SSSR count). The van der Waals surface area contributed by atoms with Crippen LogP contribution in [0.5, 0.6) is 0 Å². The predicted molar refractivity (Wildman–Crippen MR) is 111 cm³/mol. The molecule has 1 aliphatic rings. The Hall–Kier alpha value is -3.45. The first-order valence-electron chi connectivity index (χ1n) is 9.20. The van der Waals surface area contributed by atoms with Crippen molar-refractivity contribution in [3.8, 4) is 33.4 Å². The van der Waals surface area contributed by atoms with Gasteiger partial charge in [0.2, 0.25) is 0 Å². The lowest BCUT2D eigenvalue weighted by Crippen LogP contribution is -1.90. The summed E-state index contributed by atoms with van der Waals surface area (Å²) < 4.78 is 0. The lowest BCUT2D eigenvalue weighted by Gasteiger charge is -2.10. The van der Waals surface area contributed by atoms with Crippen LogP contribution in [0.1, 0.15) is 21.5 Å². The first kappa shape index (κ1) is 15.8. The first-order chi connectivity index (χ1) is 13.3. The number of rotatable bonds is 3. The van der Waals surface area contributed by atoms with Crippen molar-refractivity contribution in [3.05, 3.63) is 108 Å². The largest absolute Gasteiger partial charge is 0.298 e. The van der Waals surface area contributed by atoms with Crippen LogP contribution < -0.4 is 0 Å². The summed E-state index contributed by atoms with van der Waals surface area (Å²) in [5.74, 6) is 0. The van der Waals surface area contributed by atoms with Crippen molar-refractivity contribution in [1.29, 1.82) is 0 Å². The number of carbonyl (C=O) groups is 1. The second kappa shape index (κ2) is 6.37. The Morgan fingerprint density at radius 1 is 0.556 bits per heavy atom. The van der Waals surface area contributed by atoms with Gasteiger partial charge in [0.1, 0.15) is 0 Å². The molecule has 0 aromatic heterocycles. The predicted octanol–water partition coefficient (Wildman–Crippen LogP) is 6.40. The van der Waals surface area contributed by atoms with Crippen LogP contribution in [0.15, 0.2) is 91.0 Å². The van der Waals surface area contributed by atoms with E-state index in [1.807, 2.05) is 42.5 Å². The molecular weight excluding hydrogens is 328 g/mol. The van der Waals surface area contributed by atoms with Crippen molar-refractivity contribution in [3.63, 3.8) is 0 Å². The number of fused-ring (bicyclic) bond motifs is 3. The first-order valence-corrected chi connectivity index (χ1v) is 9.20. The van der Waals surface area contributed by atoms with E-state index in [1.165, 1.54) is 27.8 Å². The molecule has 27 heavy (non-hydrogen) atoms. The highest BCUT2D eigenvalue weighted by atomic mass is 16.1. The fraction of sp³-hybridized carbons (Fsp3) is 0.0385. The highest BCUT2D eigenvalue weighted by Gasteiger charge is 2.18. The summed E-state index contributed by atoms with van der Waals surface area (Å²) in [5.41, 5.74) is 10.5. The molecule has 0 unspecified atom stereocenters. The summed E-state index contributed by atoms with van der Waals surface area (Å²) in [6.07, 6.45) is 1.92. The summed E-state index contributed by atoms with van der Waals surface area (Å²) in [6, 6.07) is 31.5. The molecule has 128 valence electrons. The average molecular weight is 346 g/mol. The number of hydrogen-bond donors (Lipinski definition) is 0. The van der Waals surface area contributed by atoms with Crippen LogP contribution in [0.2, 0.25) is 0 Å². The van der Waals surface area contributed by atoms with E-state index in [0.29, 0.717) is 0 Å². The van der Waals surface area contributed by atoms with Gasteiger partial charge in [-0.25, -0.2) is 0 Å². The van der Waals surface area contributed by atoms with Gasteiger partial charge < -0.3 is 0 Å². The minimum Gasteiger partial charge on any atom is -0.298 e. The second-order valence-corrected chi connectivity index (χ2v) is 6.99. The van der Waals surface area contributed by atoms with Gasteiger partial charge in [0.25, 0.3) is 0 Å². The van der Waals surface area contributed by atoms with E-state index in [4.69, 9.17) is 0 Å². The zero-order valence-electron chi connectivity index (χ0n) is 14.9. The molecule has 0 saturated carbocycles. The Bertz CT molecular complexity index is 1160. The maximum atomic E-state index is 11.5. The number of benzene rings is 4. The van der Waals surface area contributed by atoms with E-state index in [0.717, 1.165) is 35.0 Å². The van der Waals surface area contributed by atoms with Crippen molar-refractivity contribution in [2.45, 2.75) is 6.42 Å². The zero-order chi connectivity index (χ0) is 18.2. The average Bonchev–Trinajstić information content (AvgIpc) is 3.11. The number of hydrogen-bond acceptors (Lipinski definition) is 1. The summed E-state index contributed by atoms with van der Waals surface area (Å²) in [4.78, 5) is 11.5. The second-order valence-electron chi connectivity index (χ2n) is 6.99. The molecule has 0 heterocycles. The molecule has 0 amide bonds. The fourth-order valence-electron chi connectivity index (χ4n) is 4.03. The molecule has 0 bridgehead atoms. The minimum atomic E-state index is 0.721. The summed E-state index contributed by atoms with van der Waals surface area (Å²) in [7, 11) is 0. The molecular formula is C26H18O. The molecule has 0 spiro atoms. The molecule has 4 aromatic rings. The smallest absolute Gasteiger partial charge is 0.150 e. The van der Waals surface area contributed by atoms with E-state index >= 15 is 0 Å². The van der Waals surface area contributed by atoms with Gasteiger partial charge in [0, 0.05) is 5.56 Å². The zero-order valence-corrected chi connectivity index (χ0v) is 14.9. The van der Waals surface area contributed by atoms with E-state index < -0.39 is 0 Å². The SMILES string of the molecule is O=Cc1ccc(-c2ccc3c(c2)Cc2ccccc2-3)cc1-c1ccccc1. The van der Waals surface area contributed by atoms with Gasteiger partial charge in [-0.3, -0.25) is 4.79 Å². The van der Waals surface area contributed by atoms with Crippen molar-refractivity contribution in [2.24, 2.45) is 0 Å². The molecule has 1 heteroatoms. The van der Waals surface area contributed by atoms with Crippen LogP contribution in [0.4, 0.5) is 0 Å². The van der Waals surface area contributed by atoms with Crippen LogP contribution in [-0.4, -0.2) is 6.29 Å². The van der Waals surface area contributed by atoms with E-state index in [9.17, 15) is 4.79 Å². The Morgan fingerprint density at radius 2 is 1.26 bits per heavy atom. The van der Waals surface area contributed by atoms with Gasteiger partial charge in [0.15, 0.2) is 6.29 Å². The van der Waals surface area contributed by atoms with Gasteiger partial charge in [-0.1, -0.05) is 84.9 Å². The monoisotopic (exact) mass is 346 g/mol. The summed E-state index contributed by atoms with van der Waals surface area (Å²) in [5, 5.41) is 0. The van der Waals surface area contributed by atoms with Crippen LogP contribution in [0.25, 0.3) is 33.4 Å². The molecule has 0 N–H and O–H groups in total. The molecule has 0 atom stereocenters. The summed E-state index contributed by atoms with van der Waals surface area (Å²) >= 11 is 0. The minimum absolute atomic E-state index is 0.721. The standard InChI is InChI=1S/C26H18O/c27-17-22-11-10-20(16-26(22)18-6-2-1-3-7-18)19-12-13-25-23(14-19)15-21-8-4-5-9-24(21)25/h1-14,16-17H,15H2. The molecule has 0 fully saturated rings. The molecule has 4 aromatic carbocycles. The van der Waals surface area contributed by atoms with E-state index in [-0.39, 0.29) is 0 Å². The topological polar surface area (TPSA) is 17.1 Å². The third-order valence-corrected chi connectivity index (χ3v) is 5.39. The van der Waals surface area contributed by atoms with Gasteiger partial charge in [0.05, 0.1) is 0 Å². The van der Waals surface area contributed by atoms with Gasteiger partial charge in [-0.2, -0.15) is 0 Å². The summed E-state index contributed by atoms with van der Waals surface area (Å²) in [6.45, 7) is 0.